The van der Waals surface area contributed by atoms with Crippen LogP contribution in [0, 0.1) is 0 Å². The Hall–Kier alpha value is -2.80. The van der Waals surface area contributed by atoms with Gasteiger partial charge in [-0.25, -0.2) is 18.4 Å². The second-order valence-corrected chi connectivity index (χ2v) is 8.83. The molecule has 29 heavy (non-hydrogen) atoms. The van der Waals surface area contributed by atoms with Crippen molar-refractivity contribution in [1.29, 1.82) is 0 Å². The summed E-state index contributed by atoms with van der Waals surface area (Å²) >= 11 is 12.2. The van der Waals surface area contributed by atoms with E-state index in [1.54, 1.807) is 60.9 Å². The van der Waals surface area contributed by atoms with E-state index in [9.17, 15) is 8.42 Å². The van der Waals surface area contributed by atoms with Crippen LogP contribution in [0.2, 0.25) is 10.0 Å². The van der Waals surface area contributed by atoms with E-state index in [-0.39, 0.29) is 15.5 Å². The van der Waals surface area contributed by atoms with E-state index >= 15 is 0 Å². The van der Waals surface area contributed by atoms with E-state index in [4.69, 9.17) is 23.2 Å². The molecule has 0 atom stereocenters. The maximum absolute atomic E-state index is 13.3. The van der Waals surface area contributed by atoms with Gasteiger partial charge in [-0.05, 0) is 36.4 Å². The highest BCUT2D eigenvalue weighted by Crippen LogP contribution is 2.34. The topological polar surface area (TPSA) is 72.8 Å². The summed E-state index contributed by atoms with van der Waals surface area (Å²) in [6.07, 6.45) is 4.56. The number of pyridine rings is 1. The highest BCUT2D eigenvalue weighted by atomic mass is 35.5. The van der Waals surface area contributed by atoms with Gasteiger partial charge in [0, 0.05) is 23.5 Å². The van der Waals surface area contributed by atoms with E-state index in [1.807, 2.05) is 0 Å². The molecule has 0 aliphatic rings. The van der Waals surface area contributed by atoms with Gasteiger partial charge >= 0.3 is 0 Å². The summed E-state index contributed by atoms with van der Waals surface area (Å²) in [5.41, 5.74) is 1.42. The Morgan fingerprint density at radius 3 is 2.28 bits per heavy atom. The highest BCUT2D eigenvalue weighted by Gasteiger charge is 2.25. The van der Waals surface area contributed by atoms with Crippen molar-refractivity contribution in [3.63, 3.8) is 0 Å². The summed E-state index contributed by atoms with van der Waals surface area (Å²) in [5, 5.41) is 0.665. The molecular weight excluding hydrogens is 429 g/mol. The third kappa shape index (κ3) is 3.87. The summed E-state index contributed by atoms with van der Waals surface area (Å²) in [5.74, 6) is 0.353. The molecule has 0 amide bonds. The largest absolute Gasteiger partial charge is 0.264 e. The van der Waals surface area contributed by atoms with Crippen molar-refractivity contribution in [3.8, 4) is 22.6 Å². The molecule has 0 bridgehead atoms. The van der Waals surface area contributed by atoms with Crippen molar-refractivity contribution in [2.45, 2.75) is 9.79 Å². The Labute approximate surface area is 177 Å². The smallest absolute Gasteiger partial charge is 0.210 e. The summed E-state index contributed by atoms with van der Waals surface area (Å²) in [7, 11) is -3.86. The van der Waals surface area contributed by atoms with E-state index in [1.165, 1.54) is 18.3 Å². The van der Waals surface area contributed by atoms with Crippen LogP contribution in [0.5, 0.6) is 0 Å². The summed E-state index contributed by atoms with van der Waals surface area (Å²) in [4.78, 5) is 13.0. The van der Waals surface area contributed by atoms with E-state index in [0.29, 0.717) is 27.0 Å². The number of rotatable bonds is 4. The minimum atomic E-state index is -3.86. The van der Waals surface area contributed by atoms with E-state index < -0.39 is 9.84 Å². The standard InChI is InChI=1S/C21H13Cl2N3O2S/c22-17-9-8-14(11-18(17)23)20-19(29(27,28)16-6-2-1-3-7-16)13-25-21(26-20)15-5-4-10-24-12-15/h1-13H. The van der Waals surface area contributed by atoms with Gasteiger partial charge in [0.25, 0.3) is 0 Å². The van der Waals surface area contributed by atoms with Gasteiger partial charge in [0.15, 0.2) is 5.82 Å². The molecule has 4 rings (SSSR count). The Morgan fingerprint density at radius 2 is 1.59 bits per heavy atom. The second kappa shape index (κ2) is 7.91. The summed E-state index contributed by atoms with van der Waals surface area (Å²) in [6.45, 7) is 0. The Morgan fingerprint density at radius 1 is 0.793 bits per heavy atom. The first-order chi connectivity index (χ1) is 14.0. The van der Waals surface area contributed by atoms with Gasteiger partial charge in [0.05, 0.1) is 26.8 Å². The zero-order valence-corrected chi connectivity index (χ0v) is 17.2. The molecule has 0 unspecified atom stereocenters. The number of aromatic nitrogens is 3. The lowest BCUT2D eigenvalue weighted by Gasteiger charge is -2.12. The average molecular weight is 442 g/mol. The van der Waals surface area contributed by atoms with Crippen LogP contribution in [-0.2, 0) is 9.84 Å². The van der Waals surface area contributed by atoms with Crippen molar-refractivity contribution in [2.24, 2.45) is 0 Å². The molecule has 0 N–H and O–H groups in total. The molecule has 2 aromatic heterocycles. The molecule has 0 saturated heterocycles. The molecule has 5 nitrogen and oxygen atoms in total. The molecule has 0 spiro atoms. The van der Waals surface area contributed by atoms with Crippen molar-refractivity contribution in [2.75, 3.05) is 0 Å². The predicted molar refractivity (Wildman–Crippen MR) is 113 cm³/mol. The molecule has 0 saturated carbocycles. The van der Waals surface area contributed by atoms with Crippen molar-refractivity contribution >= 4 is 33.0 Å². The maximum Gasteiger partial charge on any atom is 0.210 e. The fourth-order valence-corrected chi connectivity index (χ4v) is 4.46. The number of nitrogens with zero attached hydrogens (tertiary/aromatic N) is 3. The lowest BCUT2D eigenvalue weighted by Crippen LogP contribution is -2.07. The van der Waals surface area contributed by atoms with Crippen LogP contribution in [-0.4, -0.2) is 23.4 Å². The third-order valence-electron chi connectivity index (χ3n) is 4.21. The van der Waals surface area contributed by atoms with Crippen molar-refractivity contribution in [3.05, 3.63) is 89.3 Å². The normalized spacial score (nSPS) is 11.4. The minimum absolute atomic E-state index is 0.0188. The SMILES string of the molecule is O=S(=O)(c1ccccc1)c1cnc(-c2cccnc2)nc1-c1ccc(Cl)c(Cl)c1. The first-order valence-electron chi connectivity index (χ1n) is 8.50. The molecule has 2 heterocycles. The molecule has 0 radical (unpaired) electrons. The minimum Gasteiger partial charge on any atom is -0.264 e. The number of benzene rings is 2. The quantitative estimate of drug-likeness (QED) is 0.426. The monoisotopic (exact) mass is 441 g/mol. The zero-order chi connectivity index (χ0) is 20.4. The molecule has 144 valence electrons. The van der Waals surface area contributed by atoms with Crippen molar-refractivity contribution < 1.29 is 8.42 Å². The molecule has 2 aromatic carbocycles. The fraction of sp³-hybridized carbons (Fsp3) is 0. The molecule has 0 aliphatic heterocycles. The van der Waals surface area contributed by atoms with Crippen LogP contribution < -0.4 is 0 Å². The van der Waals surface area contributed by atoms with Gasteiger partial charge in [-0.15, -0.1) is 0 Å². The van der Waals surface area contributed by atoms with Gasteiger partial charge in [0.1, 0.15) is 4.90 Å². The van der Waals surface area contributed by atoms with Crippen LogP contribution in [0.4, 0.5) is 0 Å². The highest BCUT2D eigenvalue weighted by molar-refractivity contribution is 7.91. The molecule has 4 aromatic rings. The Balaban J connectivity index is 1.97. The molecule has 0 fully saturated rings. The van der Waals surface area contributed by atoms with Crippen LogP contribution in [0.3, 0.4) is 0 Å². The first-order valence-corrected chi connectivity index (χ1v) is 10.7. The van der Waals surface area contributed by atoms with Crippen LogP contribution in [0.15, 0.2) is 89.0 Å². The van der Waals surface area contributed by atoms with Gasteiger partial charge in [-0.1, -0.05) is 47.5 Å². The molecule has 0 aliphatic carbocycles. The zero-order valence-electron chi connectivity index (χ0n) is 14.8. The van der Waals surface area contributed by atoms with Gasteiger partial charge in [-0.3, -0.25) is 4.98 Å². The lowest BCUT2D eigenvalue weighted by molar-refractivity contribution is 0.595. The van der Waals surface area contributed by atoms with Gasteiger partial charge in [0.2, 0.25) is 9.84 Å². The summed E-state index contributed by atoms with van der Waals surface area (Å²) < 4.78 is 26.6. The molecule has 8 heteroatoms. The first kappa shape index (κ1) is 19.5. The van der Waals surface area contributed by atoms with Crippen LogP contribution in [0.1, 0.15) is 0 Å². The number of hydrogen-bond donors (Lipinski definition) is 0. The van der Waals surface area contributed by atoms with E-state index in [0.717, 1.165) is 0 Å². The lowest BCUT2D eigenvalue weighted by atomic mass is 10.1. The fourth-order valence-electron chi connectivity index (χ4n) is 2.78. The average Bonchev–Trinajstić information content (AvgIpc) is 2.76. The number of sulfone groups is 1. The van der Waals surface area contributed by atoms with Crippen molar-refractivity contribution in [1.82, 2.24) is 15.0 Å². The van der Waals surface area contributed by atoms with E-state index in [2.05, 4.69) is 15.0 Å². The van der Waals surface area contributed by atoms with Crippen LogP contribution in [0.25, 0.3) is 22.6 Å². The summed E-state index contributed by atoms with van der Waals surface area (Å²) in [6, 6.07) is 16.6. The van der Waals surface area contributed by atoms with Gasteiger partial charge in [-0.2, -0.15) is 0 Å². The number of halogens is 2. The molecular formula is C21H13Cl2N3O2S. The van der Waals surface area contributed by atoms with Gasteiger partial charge < -0.3 is 0 Å². The Kier molecular flexibility index (Phi) is 5.32. The second-order valence-electron chi connectivity index (χ2n) is 6.09. The third-order valence-corrected chi connectivity index (χ3v) is 6.72. The Bertz CT molecular complexity index is 1280. The number of hydrogen-bond acceptors (Lipinski definition) is 5. The predicted octanol–water partition coefficient (Wildman–Crippen LogP) is 5.35. The van der Waals surface area contributed by atoms with Crippen LogP contribution >= 0.6 is 23.2 Å². The maximum atomic E-state index is 13.3.